The first kappa shape index (κ1) is 36.6. The lowest BCUT2D eigenvalue weighted by Crippen LogP contribution is -2.45. The van der Waals surface area contributed by atoms with E-state index in [9.17, 15) is 35.9 Å². The number of halogens is 7. The van der Waals surface area contributed by atoms with E-state index in [1.54, 1.807) is 35.6 Å². The van der Waals surface area contributed by atoms with E-state index in [1.807, 2.05) is 24.3 Å². The lowest BCUT2D eigenvalue weighted by atomic mass is 10.1. The lowest BCUT2D eigenvalue weighted by Gasteiger charge is -2.23. The van der Waals surface area contributed by atoms with Gasteiger partial charge in [0.1, 0.15) is 11.7 Å². The zero-order valence-electron chi connectivity index (χ0n) is 23.0. The molecular weight excluding hydrogens is 640 g/mol. The second-order valence-corrected chi connectivity index (χ2v) is 9.57. The maximum absolute atomic E-state index is 13.1. The molecule has 1 aromatic carbocycles. The molecule has 3 aromatic rings. The maximum Gasteiger partial charge on any atom is 0.490 e. The van der Waals surface area contributed by atoms with Gasteiger partial charge in [0.25, 0.3) is 5.91 Å². The topological polar surface area (TPSA) is 179 Å². The summed E-state index contributed by atoms with van der Waals surface area (Å²) in [6.45, 7) is 1.23. The van der Waals surface area contributed by atoms with Crippen molar-refractivity contribution in [3.63, 3.8) is 0 Å². The first-order valence-corrected chi connectivity index (χ1v) is 13.1. The van der Waals surface area contributed by atoms with Crippen LogP contribution in [0.4, 0.5) is 26.3 Å². The third kappa shape index (κ3) is 11.1. The number of carbonyl (C=O) groups is 4. The second-order valence-electron chi connectivity index (χ2n) is 9.14. The largest absolute Gasteiger partial charge is 0.490 e. The molecule has 1 aliphatic rings. The summed E-state index contributed by atoms with van der Waals surface area (Å²) in [6.07, 6.45) is -3.54. The summed E-state index contributed by atoms with van der Waals surface area (Å²) in [5, 5.41) is 17.8. The van der Waals surface area contributed by atoms with Crippen LogP contribution in [0.2, 0.25) is 5.02 Å². The molecule has 18 heteroatoms. The number of carboxylic acids is 2. The van der Waals surface area contributed by atoms with Crippen molar-refractivity contribution in [1.29, 1.82) is 0 Å². The summed E-state index contributed by atoms with van der Waals surface area (Å²) in [5.41, 5.74) is 9.93. The van der Waals surface area contributed by atoms with Crippen molar-refractivity contribution in [3.8, 4) is 11.1 Å². The van der Waals surface area contributed by atoms with E-state index in [0.717, 1.165) is 28.7 Å². The molecule has 0 spiro atoms. The van der Waals surface area contributed by atoms with Gasteiger partial charge >= 0.3 is 24.3 Å². The van der Waals surface area contributed by atoms with Crippen molar-refractivity contribution in [2.75, 3.05) is 6.54 Å². The molecule has 0 saturated carbocycles. The number of H-pyrrole nitrogens is 1. The maximum atomic E-state index is 13.1. The zero-order chi connectivity index (χ0) is 33.9. The molecule has 3 heterocycles. The normalized spacial score (nSPS) is 14.4. The Kier molecular flexibility index (Phi) is 12.9. The van der Waals surface area contributed by atoms with Gasteiger partial charge in [0.2, 0.25) is 5.91 Å². The average molecular weight is 666 g/mol. The van der Waals surface area contributed by atoms with Crippen LogP contribution in [-0.2, 0) is 27.5 Å². The smallest absolute Gasteiger partial charge is 0.475 e. The molecule has 0 unspecified atom stereocenters. The highest BCUT2D eigenvalue weighted by molar-refractivity contribution is 6.30. The standard InChI is InChI=1S/C23H24ClN5O2.2C2HF3O2/c24-19-4-3-16(12-25)17(10-19)14-28-22(30)21-2-1-9-29(21)23(31)20-11-18(13-27-20)15-5-7-26-8-6-15;2*3-2(4,5)1(6)7/h3-8,10-11,13,21,27H,1-2,9,12,14,25H2,(H,28,30);2*(H,6,7)/t21-;;/m0../s1. The molecule has 4 rings (SSSR count). The van der Waals surface area contributed by atoms with Gasteiger partial charge in [0.15, 0.2) is 0 Å². The Bertz CT molecular complexity index is 1460. The van der Waals surface area contributed by atoms with E-state index in [2.05, 4.69) is 15.3 Å². The minimum absolute atomic E-state index is 0.172. The molecular formula is C27H26ClF6N5O6. The fraction of sp³-hybridized carbons (Fsp3) is 0.296. The molecule has 6 N–H and O–H groups in total. The summed E-state index contributed by atoms with van der Waals surface area (Å²) in [6, 6.07) is 10.5. The van der Waals surface area contributed by atoms with Crippen LogP contribution in [0.1, 0.15) is 34.5 Å². The van der Waals surface area contributed by atoms with E-state index in [4.69, 9.17) is 37.1 Å². The summed E-state index contributed by atoms with van der Waals surface area (Å²) in [4.78, 5) is 52.5. The number of nitrogens with zero attached hydrogens (tertiary/aromatic N) is 2. The van der Waals surface area contributed by atoms with Crippen LogP contribution >= 0.6 is 11.6 Å². The Morgan fingerprint density at radius 2 is 1.53 bits per heavy atom. The summed E-state index contributed by atoms with van der Waals surface area (Å²) < 4.78 is 63.5. The number of aromatic amines is 1. The summed E-state index contributed by atoms with van der Waals surface area (Å²) in [7, 11) is 0. The Labute approximate surface area is 256 Å². The van der Waals surface area contributed by atoms with Gasteiger partial charge in [-0.05, 0) is 59.9 Å². The molecule has 1 aliphatic heterocycles. The number of hydrogen-bond donors (Lipinski definition) is 5. The number of alkyl halides is 6. The number of likely N-dealkylation sites (tertiary alicyclic amines) is 1. The van der Waals surface area contributed by atoms with E-state index in [-0.39, 0.29) is 11.8 Å². The molecule has 1 atom stereocenters. The number of nitrogens with two attached hydrogens (primary N) is 1. The highest BCUT2D eigenvalue weighted by Crippen LogP contribution is 2.24. The fourth-order valence-corrected chi connectivity index (χ4v) is 4.12. The van der Waals surface area contributed by atoms with Crippen LogP contribution in [0, 0.1) is 0 Å². The second kappa shape index (κ2) is 15.9. The number of aliphatic carboxylic acids is 2. The predicted octanol–water partition coefficient (Wildman–Crippen LogP) is 4.38. The summed E-state index contributed by atoms with van der Waals surface area (Å²) >= 11 is 6.08. The van der Waals surface area contributed by atoms with Crippen LogP contribution in [0.15, 0.2) is 55.0 Å². The Hall–Kier alpha value is -4.64. The number of carboxylic acid groups (broad SMARTS) is 2. The molecule has 244 valence electrons. The van der Waals surface area contributed by atoms with E-state index in [1.165, 1.54) is 0 Å². The highest BCUT2D eigenvalue weighted by atomic mass is 35.5. The van der Waals surface area contributed by atoms with E-state index >= 15 is 0 Å². The Morgan fingerprint density at radius 1 is 0.956 bits per heavy atom. The van der Waals surface area contributed by atoms with E-state index in [0.29, 0.717) is 36.8 Å². The van der Waals surface area contributed by atoms with Crippen molar-refractivity contribution in [2.24, 2.45) is 5.73 Å². The number of amides is 2. The quantitative estimate of drug-likeness (QED) is 0.241. The third-order valence-corrected chi connectivity index (χ3v) is 6.30. The zero-order valence-corrected chi connectivity index (χ0v) is 23.7. The number of rotatable bonds is 6. The number of pyridine rings is 1. The Balaban J connectivity index is 0.000000421. The third-order valence-electron chi connectivity index (χ3n) is 6.07. The van der Waals surface area contributed by atoms with Crippen molar-refractivity contribution < 1.29 is 55.7 Å². The summed E-state index contributed by atoms with van der Waals surface area (Å²) in [5.74, 6) is -5.86. The van der Waals surface area contributed by atoms with Gasteiger partial charge in [-0.2, -0.15) is 26.3 Å². The van der Waals surface area contributed by atoms with Gasteiger partial charge in [-0.3, -0.25) is 14.6 Å². The van der Waals surface area contributed by atoms with Crippen molar-refractivity contribution in [1.82, 2.24) is 20.2 Å². The molecule has 2 aromatic heterocycles. The first-order chi connectivity index (χ1) is 20.9. The van der Waals surface area contributed by atoms with Gasteiger partial charge in [-0.1, -0.05) is 17.7 Å². The number of benzene rings is 1. The minimum Gasteiger partial charge on any atom is -0.475 e. The first-order valence-electron chi connectivity index (χ1n) is 12.7. The molecule has 0 bridgehead atoms. The van der Waals surface area contributed by atoms with Crippen LogP contribution in [0.25, 0.3) is 11.1 Å². The number of aromatic nitrogens is 2. The Morgan fingerprint density at radius 3 is 2.07 bits per heavy atom. The fourth-order valence-electron chi connectivity index (χ4n) is 3.92. The lowest BCUT2D eigenvalue weighted by molar-refractivity contribution is -0.193. The molecule has 1 fully saturated rings. The average Bonchev–Trinajstić information content (AvgIpc) is 3.67. The van der Waals surface area contributed by atoms with Crippen molar-refractivity contribution in [3.05, 3.63) is 76.8 Å². The molecule has 11 nitrogen and oxygen atoms in total. The van der Waals surface area contributed by atoms with Gasteiger partial charge in [0, 0.05) is 48.8 Å². The van der Waals surface area contributed by atoms with Crippen LogP contribution < -0.4 is 11.1 Å². The molecule has 45 heavy (non-hydrogen) atoms. The SMILES string of the molecule is NCc1ccc(Cl)cc1CNC(=O)[C@@H]1CCCN1C(=O)c1cc(-c2ccncc2)c[nH]1.O=C(O)C(F)(F)F.O=C(O)C(F)(F)F. The number of hydrogen-bond acceptors (Lipinski definition) is 6. The minimum atomic E-state index is -5.08. The van der Waals surface area contributed by atoms with Crippen LogP contribution in [0.3, 0.4) is 0 Å². The molecule has 0 radical (unpaired) electrons. The van der Waals surface area contributed by atoms with Gasteiger partial charge in [0.05, 0.1) is 0 Å². The van der Waals surface area contributed by atoms with Crippen molar-refractivity contribution >= 4 is 35.4 Å². The van der Waals surface area contributed by atoms with Crippen LogP contribution in [0.5, 0.6) is 0 Å². The molecule has 1 saturated heterocycles. The molecule has 0 aliphatic carbocycles. The van der Waals surface area contributed by atoms with Gasteiger partial charge < -0.3 is 31.1 Å². The van der Waals surface area contributed by atoms with E-state index < -0.39 is 30.3 Å². The molecule has 2 amide bonds. The van der Waals surface area contributed by atoms with Crippen molar-refractivity contribution in [2.45, 2.75) is 44.3 Å². The predicted molar refractivity (Wildman–Crippen MR) is 147 cm³/mol. The highest BCUT2D eigenvalue weighted by Gasteiger charge is 2.39. The number of nitrogens with one attached hydrogen (secondary N) is 2. The van der Waals surface area contributed by atoms with Crippen LogP contribution in [-0.4, -0.2) is 73.8 Å². The monoisotopic (exact) mass is 665 g/mol. The van der Waals surface area contributed by atoms with Gasteiger partial charge in [-0.15, -0.1) is 0 Å². The van der Waals surface area contributed by atoms with Gasteiger partial charge in [-0.25, -0.2) is 9.59 Å². The number of carbonyl (C=O) groups excluding carboxylic acids is 2.